The number of hydrogen-bond donors (Lipinski definition) is 1. The number of nitrogens with one attached hydrogen (secondary N) is 1. The summed E-state index contributed by atoms with van der Waals surface area (Å²) in [5.41, 5.74) is 2.61. The van der Waals surface area contributed by atoms with Crippen molar-refractivity contribution in [2.45, 2.75) is 50.6 Å². The highest BCUT2D eigenvalue weighted by Gasteiger charge is 2.34. The Balaban J connectivity index is 1.80. The van der Waals surface area contributed by atoms with Gasteiger partial charge in [-0.3, -0.25) is 13.9 Å². The maximum atomic E-state index is 14.4. The first-order valence-corrected chi connectivity index (χ1v) is 16.6. The Hall–Kier alpha value is -4.21. The van der Waals surface area contributed by atoms with Gasteiger partial charge in [-0.25, -0.2) is 12.8 Å². The molecule has 0 aliphatic carbocycles. The molecule has 4 aromatic rings. The van der Waals surface area contributed by atoms with Gasteiger partial charge in [0, 0.05) is 19.5 Å². The Morgan fingerprint density at radius 2 is 1.56 bits per heavy atom. The summed E-state index contributed by atoms with van der Waals surface area (Å²) in [6.45, 7) is 3.79. The van der Waals surface area contributed by atoms with Gasteiger partial charge in [-0.2, -0.15) is 0 Å². The average Bonchev–Trinajstić information content (AvgIpc) is 3.03. The van der Waals surface area contributed by atoms with Gasteiger partial charge in [0.1, 0.15) is 18.4 Å². The summed E-state index contributed by atoms with van der Waals surface area (Å²) >= 11 is 6.07. The van der Waals surface area contributed by atoms with Gasteiger partial charge in [0.25, 0.3) is 10.0 Å². The first-order valence-electron chi connectivity index (χ1n) is 14.8. The van der Waals surface area contributed by atoms with Crippen molar-refractivity contribution in [3.05, 3.63) is 131 Å². The molecule has 0 aliphatic heterocycles. The molecule has 0 unspecified atom stereocenters. The number of carbonyl (C=O) groups is 2. The Morgan fingerprint density at radius 3 is 2.20 bits per heavy atom. The van der Waals surface area contributed by atoms with E-state index in [0.29, 0.717) is 6.54 Å². The van der Waals surface area contributed by atoms with Crippen molar-refractivity contribution < 1.29 is 22.4 Å². The molecule has 0 heterocycles. The van der Waals surface area contributed by atoms with Gasteiger partial charge >= 0.3 is 0 Å². The van der Waals surface area contributed by atoms with Gasteiger partial charge in [0.2, 0.25) is 11.8 Å². The lowest BCUT2D eigenvalue weighted by atomic mass is 10.0. The largest absolute Gasteiger partial charge is 0.354 e. The molecule has 0 saturated carbocycles. The van der Waals surface area contributed by atoms with E-state index in [0.717, 1.165) is 39.9 Å². The van der Waals surface area contributed by atoms with Crippen LogP contribution in [-0.4, -0.2) is 44.3 Å². The van der Waals surface area contributed by atoms with E-state index < -0.39 is 34.3 Å². The smallest absolute Gasteiger partial charge is 0.264 e. The zero-order chi connectivity index (χ0) is 32.4. The van der Waals surface area contributed by atoms with Gasteiger partial charge in [0.05, 0.1) is 15.6 Å². The van der Waals surface area contributed by atoms with Gasteiger partial charge < -0.3 is 10.2 Å². The van der Waals surface area contributed by atoms with Crippen LogP contribution in [-0.2, 0) is 32.6 Å². The maximum Gasteiger partial charge on any atom is 0.264 e. The van der Waals surface area contributed by atoms with Crippen molar-refractivity contribution >= 4 is 39.1 Å². The molecule has 2 amide bonds. The van der Waals surface area contributed by atoms with Crippen LogP contribution in [0.25, 0.3) is 0 Å². The predicted molar refractivity (Wildman–Crippen MR) is 176 cm³/mol. The SMILES string of the molecule is CCCCNC(=O)[C@H](Cc1ccccc1)N(Cc1cccc(C)c1)C(=O)CN(c1ccc(F)c(Cl)c1)S(=O)(=O)c1ccccc1. The third-order valence-corrected chi connectivity index (χ3v) is 9.42. The third kappa shape index (κ3) is 8.93. The van der Waals surface area contributed by atoms with Gasteiger partial charge in [0.15, 0.2) is 0 Å². The first kappa shape index (κ1) is 33.7. The second kappa shape index (κ2) is 15.7. The zero-order valence-electron chi connectivity index (χ0n) is 25.3. The highest BCUT2D eigenvalue weighted by Crippen LogP contribution is 2.28. The number of aryl methyl sites for hydroxylation is 1. The fourth-order valence-electron chi connectivity index (χ4n) is 4.96. The molecule has 0 aliphatic rings. The number of anilines is 1. The quantitative estimate of drug-likeness (QED) is 0.157. The Kier molecular flexibility index (Phi) is 11.7. The second-order valence-corrected chi connectivity index (χ2v) is 13.1. The minimum absolute atomic E-state index is 0.0149. The number of nitrogens with zero attached hydrogens (tertiary/aromatic N) is 2. The zero-order valence-corrected chi connectivity index (χ0v) is 26.9. The summed E-state index contributed by atoms with van der Waals surface area (Å²) in [4.78, 5) is 29.6. The molecule has 45 heavy (non-hydrogen) atoms. The molecule has 0 fully saturated rings. The molecule has 0 spiro atoms. The Bertz CT molecular complexity index is 1700. The van der Waals surface area contributed by atoms with Gasteiger partial charge in [-0.1, -0.05) is 103 Å². The number of amides is 2. The van der Waals surface area contributed by atoms with E-state index in [1.807, 2.05) is 68.4 Å². The Morgan fingerprint density at radius 1 is 0.889 bits per heavy atom. The molecule has 4 rings (SSSR count). The highest BCUT2D eigenvalue weighted by molar-refractivity contribution is 7.92. The molecule has 7 nitrogen and oxygen atoms in total. The summed E-state index contributed by atoms with van der Waals surface area (Å²) in [7, 11) is -4.31. The summed E-state index contributed by atoms with van der Waals surface area (Å²) in [6.07, 6.45) is 1.86. The minimum Gasteiger partial charge on any atom is -0.354 e. The highest BCUT2D eigenvalue weighted by atomic mass is 35.5. The number of benzene rings is 4. The molecule has 236 valence electrons. The first-order chi connectivity index (χ1) is 21.6. The number of sulfonamides is 1. The number of unbranched alkanes of at least 4 members (excludes halogenated alkanes) is 1. The van der Waals surface area contributed by atoms with Crippen molar-refractivity contribution in [3.63, 3.8) is 0 Å². The predicted octanol–water partition coefficient (Wildman–Crippen LogP) is 6.54. The standard InChI is InChI=1S/C35H37ClFN3O4S/c1-3-4-20-38-35(42)33(22-27-13-7-5-8-14-27)39(24-28-15-11-12-26(2)21-28)34(41)25-40(29-18-19-32(37)31(36)23-29)45(43,44)30-16-9-6-10-17-30/h5-19,21,23,33H,3-4,20,22,24-25H2,1-2H3,(H,38,42)/t33-/m0/s1. The molecule has 0 radical (unpaired) electrons. The lowest BCUT2D eigenvalue weighted by Crippen LogP contribution is -2.53. The van der Waals surface area contributed by atoms with E-state index in [1.54, 1.807) is 18.2 Å². The van der Waals surface area contributed by atoms with Crippen molar-refractivity contribution in [2.75, 3.05) is 17.4 Å². The molecule has 0 bridgehead atoms. The third-order valence-electron chi connectivity index (χ3n) is 7.34. The second-order valence-electron chi connectivity index (χ2n) is 10.8. The number of rotatable bonds is 14. The molecule has 0 saturated heterocycles. The normalized spacial score (nSPS) is 11.9. The van der Waals surface area contributed by atoms with Crippen molar-refractivity contribution in [3.8, 4) is 0 Å². The summed E-state index contributed by atoms with van der Waals surface area (Å²) in [5, 5.41) is 2.68. The maximum absolute atomic E-state index is 14.4. The van der Waals surface area contributed by atoms with E-state index in [9.17, 15) is 22.4 Å². The summed E-state index contributed by atoms with van der Waals surface area (Å²) in [5.74, 6) is -1.67. The van der Waals surface area contributed by atoms with Crippen LogP contribution in [0, 0.1) is 12.7 Å². The van der Waals surface area contributed by atoms with Crippen molar-refractivity contribution in [2.24, 2.45) is 0 Å². The van der Waals surface area contributed by atoms with Gasteiger partial charge in [-0.15, -0.1) is 0 Å². The molecule has 1 N–H and O–H groups in total. The summed E-state index contributed by atoms with van der Waals surface area (Å²) < 4.78 is 43.1. The lowest BCUT2D eigenvalue weighted by Gasteiger charge is -2.34. The van der Waals surface area contributed by atoms with Crippen molar-refractivity contribution in [1.82, 2.24) is 10.2 Å². The molecular formula is C35H37ClFN3O4S. The van der Waals surface area contributed by atoms with Crippen LogP contribution in [0.4, 0.5) is 10.1 Å². The Labute approximate surface area is 269 Å². The fourth-order valence-corrected chi connectivity index (χ4v) is 6.56. The molecular weight excluding hydrogens is 613 g/mol. The number of carbonyl (C=O) groups excluding carboxylic acids is 2. The van der Waals surface area contributed by atoms with E-state index >= 15 is 0 Å². The monoisotopic (exact) mass is 649 g/mol. The molecule has 4 aromatic carbocycles. The fraction of sp³-hybridized carbons (Fsp3) is 0.257. The van der Waals surface area contributed by atoms with Crippen LogP contribution in [0.5, 0.6) is 0 Å². The average molecular weight is 650 g/mol. The van der Waals surface area contributed by atoms with Crippen LogP contribution in [0.3, 0.4) is 0 Å². The lowest BCUT2D eigenvalue weighted by molar-refractivity contribution is -0.140. The van der Waals surface area contributed by atoms with E-state index in [4.69, 9.17) is 11.6 Å². The number of halogens is 2. The summed E-state index contributed by atoms with van der Waals surface area (Å²) in [6, 6.07) is 27.2. The molecule has 10 heteroatoms. The van der Waals surface area contributed by atoms with Crippen LogP contribution in [0.1, 0.15) is 36.5 Å². The van der Waals surface area contributed by atoms with E-state index in [2.05, 4.69) is 5.32 Å². The molecule has 1 atom stereocenters. The van der Waals surface area contributed by atoms with Crippen LogP contribution < -0.4 is 9.62 Å². The molecule has 0 aromatic heterocycles. The minimum atomic E-state index is -4.31. The van der Waals surface area contributed by atoms with Crippen LogP contribution in [0.15, 0.2) is 108 Å². The van der Waals surface area contributed by atoms with Crippen LogP contribution >= 0.6 is 11.6 Å². The van der Waals surface area contributed by atoms with Gasteiger partial charge in [-0.05, 0) is 54.8 Å². The number of hydrogen-bond acceptors (Lipinski definition) is 4. The topological polar surface area (TPSA) is 86.8 Å². The van der Waals surface area contributed by atoms with Crippen molar-refractivity contribution in [1.29, 1.82) is 0 Å². The van der Waals surface area contributed by atoms with E-state index in [1.165, 1.54) is 29.2 Å². The van der Waals surface area contributed by atoms with Crippen LogP contribution in [0.2, 0.25) is 5.02 Å². The van der Waals surface area contributed by atoms with E-state index in [-0.39, 0.29) is 34.5 Å².